The third-order valence-corrected chi connectivity index (χ3v) is 3.86. The second-order valence-electron chi connectivity index (χ2n) is 2.11. The summed E-state index contributed by atoms with van der Waals surface area (Å²) in [5, 5.41) is 0. The molecule has 0 rings (SSSR count). The van der Waals surface area contributed by atoms with Crippen LogP contribution in [0.5, 0.6) is 0 Å². The Morgan fingerprint density at radius 3 is 1.50 bits per heavy atom. The van der Waals surface area contributed by atoms with E-state index in [1.807, 2.05) is 20.8 Å². The fourth-order valence-corrected chi connectivity index (χ4v) is 2.72. The van der Waals surface area contributed by atoms with Gasteiger partial charge in [0.15, 0.2) is 0 Å². The van der Waals surface area contributed by atoms with Gasteiger partial charge in [-0.1, -0.05) is 6.58 Å². The molecule has 0 saturated carbocycles. The third-order valence-electron chi connectivity index (χ3n) is 1.29. The average Bonchev–Trinajstić information content (AvgIpc) is 2.22. The van der Waals surface area contributed by atoms with E-state index in [4.69, 9.17) is 17.1 Å². The summed E-state index contributed by atoms with van der Waals surface area (Å²) in [4.78, 5) is 0. The van der Waals surface area contributed by atoms with E-state index in [1.165, 1.54) is 0 Å². The molecule has 82 valence electrons. The van der Waals surface area contributed by atoms with Crippen molar-refractivity contribution in [2.45, 2.75) is 20.8 Å². The molecule has 0 saturated heterocycles. The zero-order valence-corrected chi connectivity index (χ0v) is 11.7. The molecule has 0 bridgehead atoms. The zero-order valence-electron chi connectivity index (χ0n) is 9.25. The molecule has 0 heterocycles. The van der Waals surface area contributed by atoms with E-state index in [0.717, 1.165) is 0 Å². The molecule has 4 nitrogen and oxygen atoms in total. The Hall–Kier alpha value is 0.169. The topological polar surface area (TPSA) is 44.8 Å². The van der Waals surface area contributed by atoms with Crippen molar-refractivity contribution in [3.05, 3.63) is 12.3 Å². The molecule has 0 atom stereocenters. The van der Waals surface area contributed by atoms with Crippen molar-refractivity contribution in [1.82, 2.24) is 0 Å². The summed E-state index contributed by atoms with van der Waals surface area (Å²) in [6.45, 7) is 11.2. The van der Waals surface area contributed by atoms with Gasteiger partial charge in [0.05, 0.1) is 0 Å². The molecule has 0 radical (unpaired) electrons. The fourth-order valence-electron chi connectivity index (χ4n) is 0.905. The Balaban J connectivity index is 0. The van der Waals surface area contributed by atoms with Crippen LogP contribution >= 0.6 is 0 Å². The van der Waals surface area contributed by atoms with Crippen LogP contribution in [0.3, 0.4) is 0 Å². The van der Waals surface area contributed by atoms with Gasteiger partial charge in [-0.3, -0.25) is 0 Å². The Kier molecular flexibility index (Phi) is 13.3. The van der Waals surface area contributed by atoms with Gasteiger partial charge in [-0.2, -0.15) is 0 Å². The Morgan fingerprint density at radius 2 is 1.36 bits per heavy atom. The van der Waals surface area contributed by atoms with Gasteiger partial charge in [-0.05, 0) is 26.5 Å². The molecule has 0 aliphatic heterocycles. The summed E-state index contributed by atoms with van der Waals surface area (Å²) in [6.07, 6.45) is 0. The van der Waals surface area contributed by atoms with Crippen LogP contribution in [0.25, 0.3) is 0 Å². The van der Waals surface area contributed by atoms with Crippen LogP contribution in [0.2, 0.25) is 0 Å². The standard InChI is InChI=1S/C8H18O3Si.Al.O.H/c1-5-9-12(8-4,10-6-2)11-7-3;;;/h8H,4-7H2,1-3H3;;;. The molecule has 0 aromatic carbocycles. The van der Waals surface area contributed by atoms with Gasteiger partial charge in [0.25, 0.3) is 0 Å². The van der Waals surface area contributed by atoms with Crippen molar-refractivity contribution in [3.63, 3.8) is 0 Å². The summed E-state index contributed by atoms with van der Waals surface area (Å²) in [6, 6.07) is 0. The molecule has 0 aliphatic rings. The molecule has 0 aromatic rings. The number of hydrogen-bond acceptors (Lipinski definition) is 4. The maximum atomic E-state index is 8.28. The molecular weight excluding hydrogens is 215 g/mol. The number of rotatable bonds is 7. The van der Waals surface area contributed by atoms with E-state index < -0.39 is 8.80 Å². The molecule has 14 heavy (non-hydrogen) atoms. The molecule has 6 heteroatoms. The van der Waals surface area contributed by atoms with Gasteiger partial charge < -0.3 is 13.3 Å². The monoisotopic (exact) mass is 234 g/mol. The third kappa shape index (κ3) is 6.60. The fraction of sp³-hybridized carbons (Fsp3) is 0.750. The Morgan fingerprint density at radius 1 is 1.07 bits per heavy atom. The van der Waals surface area contributed by atoms with Crippen LogP contribution in [-0.4, -0.2) is 44.8 Å². The zero-order chi connectivity index (χ0) is 11.4. The van der Waals surface area contributed by atoms with Crippen molar-refractivity contribution in [2.24, 2.45) is 0 Å². The quantitative estimate of drug-likeness (QED) is 0.616. The van der Waals surface area contributed by atoms with Gasteiger partial charge in [-0.15, -0.1) is 0 Å². The van der Waals surface area contributed by atoms with Crippen molar-refractivity contribution in [1.29, 1.82) is 0 Å². The van der Waals surface area contributed by atoms with Crippen LogP contribution in [0.1, 0.15) is 20.8 Å². The van der Waals surface area contributed by atoms with E-state index in [1.54, 1.807) is 5.70 Å². The number of hydrogen-bond donors (Lipinski definition) is 0. The molecular formula is C8H19AlO4Si. The summed E-state index contributed by atoms with van der Waals surface area (Å²) in [5.74, 6) is 0. The van der Waals surface area contributed by atoms with Crippen LogP contribution in [-0.2, 0) is 17.1 Å². The summed E-state index contributed by atoms with van der Waals surface area (Å²) < 4.78 is 24.6. The van der Waals surface area contributed by atoms with E-state index in [-0.39, 0.29) is 0 Å². The van der Waals surface area contributed by atoms with Crippen LogP contribution < -0.4 is 0 Å². The van der Waals surface area contributed by atoms with E-state index in [2.05, 4.69) is 6.58 Å². The first-order chi connectivity index (χ1) is 6.74. The minimum atomic E-state index is -2.51. The van der Waals surface area contributed by atoms with Crippen molar-refractivity contribution in [3.8, 4) is 0 Å². The molecule has 0 unspecified atom stereocenters. The molecule has 0 amide bonds. The predicted molar refractivity (Wildman–Crippen MR) is 58.7 cm³/mol. The first-order valence-corrected chi connectivity index (χ1v) is 6.96. The van der Waals surface area contributed by atoms with Gasteiger partial charge >= 0.3 is 28.8 Å². The second kappa shape index (κ2) is 11.2. The van der Waals surface area contributed by atoms with Crippen LogP contribution in [0, 0.1) is 0 Å². The minimum absolute atomic E-state index is 0.595. The van der Waals surface area contributed by atoms with Gasteiger partial charge in [0.1, 0.15) is 0 Å². The first kappa shape index (κ1) is 16.6. The average molecular weight is 234 g/mol. The van der Waals surface area contributed by atoms with Crippen molar-refractivity contribution >= 4 is 25.0 Å². The predicted octanol–water partition coefficient (Wildman–Crippen LogP) is 0.993. The molecule has 0 spiro atoms. The Bertz CT molecular complexity index is 128. The van der Waals surface area contributed by atoms with E-state index >= 15 is 0 Å². The molecule has 0 aliphatic carbocycles. The van der Waals surface area contributed by atoms with Gasteiger partial charge in [0, 0.05) is 19.8 Å². The van der Waals surface area contributed by atoms with E-state index in [0.29, 0.717) is 36.0 Å². The van der Waals surface area contributed by atoms with Crippen LogP contribution in [0.15, 0.2) is 12.3 Å². The normalized spacial score (nSPS) is 10.1. The SMILES string of the molecule is C=C[Si](OCC)(OCC)OCC.[O]=[AlH]. The maximum absolute atomic E-state index is 8.28. The van der Waals surface area contributed by atoms with Crippen LogP contribution in [0.4, 0.5) is 0 Å². The summed E-state index contributed by atoms with van der Waals surface area (Å²) in [7, 11) is -2.51. The summed E-state index contributed by atoms with van der Waals surface area (Å²) in [5.41, 5.74) is 1.67. The van der Waals surface area contributed by atoms with Crippen molar-refractivity contribution in [2.75, 3.05) is 19.8 Å². The summed E-state index contributed by atoms with van der Waals surface area (Å²) >= 11 is 0.611. The van der Waals surface area contributed by atoms with Gasteiger partial charge in [-0.25, -0.2) is 0 Å². The van der Waals surface area contributed by atoms with Gasteiger partial charge in [0.2, 0.25) is 0 Å². The molecule has 0 aromatic heterocycles. The molecule has 0 N–H and O–H groups in total. The first-order valence-electron chi connectivity index (χ1n) is 4.59. The van der Waals surface area contributed by atoms with E-state index in [9.17, 15) is 0 Å². The molecule has 0 fully saturated rings. The van der Waals surface area contributed by atoms with Crippen molar-refractivity contribution < 1.29 is 17.1 Å². The second-order valence-corrected chi connectivity index (χ2v) is 4.59. The Labute approximate surface area is 95.2 Å².